The topological polar surface area (TPSA) is 158 Å². The van der Waals surface area contributed by atoms with Crippen LogP contribution in [0.25, 0.3) is 10.8 Å². The molecule has 27 heavy (non-hydrogen) atoms. The van der Waals surface area contributed by atoms with Crippen molar-refractivity contribution in [2.24, 2.45) is 0 Å². The predicted molar refractivity (Wildman–Crippen MR) is 83.0 cm³/mol. The second kappa shape index (κ2) is 9.22. The smallest absolute Gasteiger partial charge is 0.744 e. The van der Waals surface area contributed by atoms with Gasteiger partial charge < -0.3 is 13.3 Å². The minimum absolute atomic E-state index is 0. The maximum atomic E-state index is 12.4. The van der Waals surface area contributed by atoms with E-state index in [1.54, 1.807) is 0 Å². The van der Waals surface area contributed by atoms with Crippen LogP contribution in [-0.2, 0) is 34.5 Å². The van der Waals surface area contributed by atoms with E-state index in [-0.39, 0.29) is 75.6 Å². The van der Waals surface area contributed by atoms with Crippen molar-refractivity contribution in [3.8, 4) is 0 Å². The molecule has 2 aromatic carbocycles. The zero-order valence-electron chi connectivity index (χ0n) is 14.5. The Morgan fingerprint density at radius 1 is 0.926 bits per heavy atom. The number of benzene rings is 2. The van der Waals surface area contributed by atoms with E-state index in [9.17, 15) is 34.4 Å². The summed E-state index contributed by atoms with van der Waals surface area (Å²) < 4.78 is 98.4. The van der Waals surface area contributed by atoms with Gasteiger partial charge in [0.2, 0.25) is 0 Å². The maximum Gasteiger partial charge on any atom is 1.00 e. The molecule has 0 bridgehead atoms. The predicted octanol–water partition coefficient (Wildman–Crippen LogP) is -5.11. The van der Waals surface area contributed by atoms with E-state index >= 15 is 0 Å². The van der Waals surface area contributed by atoms with Crippen LogP contribution in [0.4, 0.5) is 0 Å². The Morgan fingerprint density at radius 3 is 1.89 bits per heavy atom. The van der Waals surface area contributed by atoms with Gasteiger partial charge in [-0.3, -0.25) is 0 Å². The average Bonchev–Trinajstić information content (AvgIpc) is 2.41. The summed E-state index contributed by atoms with van der Waals surface area (Å²) in [6, 6.07) is 5.73. The summed E-state index contributed by atoms with van der Waals surface area (Å²) in [6.07, 6.45) is 0. The SMILES string of the molecule is C=C(C)OS(=O)(=O)c1c(S(=O)(=O)[O-])c(S(=O)(=O)[O-])cc2ccccc12.[Na+].[Na+]. The third-order valence-electron chi connectivity index (χ3n) is 2.94. The second-order valence-electron chi connectivity index (χ2n) is 4.90. The summed E-state index contributed by atoms with van der Waals surface area (Å²) in [5, 5.41) is -0.390. The Hall–Kier alpha value is 0.0100. The van der Waals surface area contributed by atoms with Gasteiger partial charge >= 0.3 is 69.2 Å². The van der Waals surface area contributed by atoms with Crippen LogP contribution >= 0.6 is 0 Å². The zero-order valence-corrected chi connectivity index (χ0v) is 20.9. The average molecular weight is 452 g/mol. The van der Waals surface area contributed by atoms with Gasteiger partial charge in [0.25, 0.3) is 0 Å². The van der Waals surface area contributed by atoms with E-state index in [1.807, 2.05) is 0 Å². The van der Waals surface area contributed by atoms with E-state index in [0.717, 1.165) is 13.0 Å². The van der Waals surface area contributed by atoms with Crippen molar-refractivity contribution in [3.05, 3.63) is 42.7 Å². The normalized spacial score (nSPS) is 12.0. The number of hydrogen-bond acceptors (Lipinski definition) is 9. The number of fused-ring (bicyclic) bond motifs is 1. The van der Waals surface area contributed by atoms with Crippen molar-refractivity contribution in [2.75, 3.05) is 0 Å². The van der Waals surface area contributed by atoms with Gasteiger partial charge in [0, 0.05) is 5.39 Å². The first-order valence-electron chi connectivity index (χ1n) is 6.32. The Kier molecular flexibility index (Phi) is 9.22. The molecule has 9 nitrogen and oxygen atoms in total. The van der Waals surface area contributed by atoms with Crippen molar-refractivity contribution in [2.45, 2.75) is 21.6 Å². The second-order valence-corrected chi connectivity index (χ2v) is 9.05. The molecule has 136 valence electrons. The van der Waals surface area contributed by atoms with Crippen LogP contribution in [-0.4, -0.2) is 34.4 Å². The summed E-state index contributed by atoms with van der Waals surface area (Å²) >= 11 is 0. The first-order valence-corrected chi connectivity index (χ1v) is 10.5. The third kappa shape index (κ3) is 6.00. The molecule has 0 radical (unpaired) electrons. The van der Waals surface area contributed by atoms with Gasteiger partial charge in [0.15, 0.2) is 0 Å². The Labute approximate surface area is 201 Å². The van der Waals surface area contributed by atoms with Crippen molar-refractivity contribution >= 4 is 41.1 Å². The number of allylic oxidation sites excluding steroid dienone is 1. The first kappa shape index (κ1) is 27.0. The van der Waals surface area contributed by atoms with Crippen LogP contribution in [0.1, 0.15) is 6.92 Å². The van der Waals surface area contributed by atoms with Crippen molar-refractivity contribution in [1.29, 1.82) is 0 Å². The molecule has 2 rings (SSSR count). The molecule has 14 heteroatoms. The summed E-state index contributed by atoms with van der Waals surface area (Å²) in [7, 11) is -16.1. The zero-order chi connectivity index (χ0) is 19.2. The number of rotatable bonds is 5. The van der Waals surface area contributed by atoms with Crippen LogP contribution in [0.2, 0.25) is 0 Å². The van der Waals surface area contributed by atoms with Gasteiger partial charge in [-0.15, -0.1) is 0 Å². The molecule has 0 spiro atoms. The fourth-order valence-electron chi connectivity index (χ4n) is 2.17. The van der Waals surface area contributed by atoms with Gasteiger partial charge in [-0.05, 0) is 18.4 Å². The molecule has 0 N–H and O–H groups in total. The van der Waals surface area contributed by atoms with Crippen molar-refractivity contribution in [1.82, 2.24) is 0 Å². The summed E-state index contributed by atoms with van der Waals surface area (Å²) in [6.45, 7) is 4.34. The number of hydrogen-bond donors (Lipinski definition) is 0. The monoisotopic (exact) mass is 452 g/mol. The minimum Gasteiger partial charge on any atom is -0.744 e. The first-order chi connectivity index (χ1) is 11.2. The van der Waals surface area contributed by atoms with E-state index in [2.05, 4.69) is 10.8 Å². The summed E-state index contributed by atoms with van der Waals surface area (Å²) in [5.41, 5.74) is 0. The Morgan fingerprint density at radius 2 is 1.44 bits per heavy atom. The Balaban J connectivity index is 0.00000338. The van der Waals surface area contributed by atoms with Gasteiger partial charge in [-0.25, -0.2) is 16.8 Å². The van der Waals surface area contributed by atoms with Crippen LogP contribution < -0.4 is 59.1 Å². The molecule has 0 unspecified atom stereocenters. The fraction of sp³-hybridized carbons (Fsp3) is 0.0769. The van der Waals surface area contributed by atoms with Gasteiger partial charge in [0.05, 0.1) is 9.79 Å². The molecule has 0 amide bonds. The van der Waals surface area contributed by atoms with Gasteiger partial charge in [0.1, 0.15) is 30.9 Å². The quantitative estimate of drug-likeness (QED) is 0.187. The van der Waals surface area contributed by atoms with E-state index in [4.69, 9.17) is 0 Å². The van der Waals surface area contributed by atoms with E-state index in [1.165, 1.54) is 18.2 Å². The molecular formula is C13H10Na2O9S3. The van der Waals surface area contributed by atoms with Crippen molar-refractivity contribution < 1.29 is 97.7 Å². The van der Waals surface area contributed by atoms with Crippen LogP contribution in [0.5, 0.6) is 0 Å². The molecule has 0 aliphatic rings. The molecule has 0 atom stereocenters. The molecule has 2 aromatic rings. The van der Waals surface area contributed by atoms with Crippen molar-refractivity contribution in [3.63, 3.8) is 0 Å². The molecular weight excluding hydrogens is 442 g/mol. The molecule has 0 saturated carbocycles. The third-order valence-corrected chi connectivity index (χ3v) is 6.41. The molecule has 0 saturated heterocycles. The molecule has 0 aliphatic heterocycles. The molecule has 0 aromatic heterocycles. The fourth-order valence-corrected chi connectivity index (χ4v) is 5.95. The van der Waals surface area contributed by atoms with Crippen LogP contribution in [0.3, 0.4) is 0 Å². The van der Waals surface area contributed by atoms with Crippen LogP contribution in [0, 0.1) is 0 Å². The summed E-state index contributed by atoms with van der Waals surface area (Å²) in [4.78, 5) is -4.37. The van der Waals surface area contributed by atoms with Gasteiger partial charge in [-0.2, -0.15) is 8.42 Å². The standard InChI is InChI=1S/C13H12O9S3.2Na/c1-8(2)22-25(20,21)12-10-6-4-3-5-9(10)7-11(23(14,15)16)13(12)24(17,18)19;;/h3-7H,1H2,2H3,(H,14,15,16)(H,17,18,19);;/q;2*+1/p-2. The minimum atomic E-state index is -5.68. The molecule has 0 heterocycles. The largest absolute Gasteiger partial charge is 1.00 e. The Bertz CT molecular complexity index is 1200. The molecule has 0 fully saturated rings. The van der Waals surface area contributed by atoms with Crippen LogP contribution in [0.15, 0.2) is 57.4 Å². The maximum absolute atomic E-state index is 12.4. The summed E-state index contributed by atoms with van der Waals surface area (Å²) in [5.74, 6) is -0.367. The van der Waals surface area contributed by atoms with E-state index < -0.39 is 45.0 Å². The van der Waals surface area contributed by atoms with E-state index in [0.29, 0.717) is 6.07 Å². The molecule has 0 aliphatic carbocycles. The van der Waals surface area contributed by atoms with Gasteiger partial charge in [-0.1, -0.05) is 30.8 Å².